The van der Waals surface area contributed by atoms with Crippen molar-refractivity contribution in [2.45, 2.75) is 4.90 Å². The number of carboxylic acids is 1. The molecular weight excluding hydrogens is 420 g/mol. The van der Waals surface area contributed by atoms with Crippen LogP contribution in [0.4, 0.5) is 5.69 Å². The van der Waals surface area contributed by atoms with E-state index in [-0.39, 0.29) is 25.7 Å². The Bertz CT molecular complexity index is 913. The summed E-state index contributed by atoms with van der Waals surface area (Å²) in [5.74, 6) is -1.42. The third kappa shape index (κ3) is 3.43. The summed E-state index contributed by atoms with van der Waals surface area (Å²) in [5, 5.41) is 8.85. The van der Waals surface area contributed by atoms with Gasteiger partial charge in [-0.05, 0) is 30.3 Å². The van der Waals surface area contributed by atoms with Crippen LogP contribution in [0.2, 0.25) is 20.1 Å². The van der Waals surface area contributed by atoms with Gasteiger partial charge in [0.25, 0.3) is 10.0 Å². The predicted octanol–water partition coefficient (Wildman–Crippen LogP) is 4.82. The van der Waals surface area contributed by atoms with Crippen molar-refractivity contribution in [3.63, 3.8) is 0 Å². The Morgan fingerprint density at radius 3 is 2.08 bits per heavy atom. The first kappa shape index (κ1) is 19.1. The van der Waals surface area contributed by atoms with Crippen LogP contribution in [0.15, 0.2) is 35.2 Å². The number of halogens is 4. The van der Waals surface area contributed by atoms with Gasteiger partial charge in [0.2, 0.25) is 0 Å². The summed E-state index contributed by atoms with van der Waals surface area (Å²) in [7, 11) is -2.78. The molecule has 0 aliphatic heterocycles. The summed E-state index contributed by atoms with van der Waals surface area (Å²) in [6, 6.07) is 6.66. The molecule has 0 spiro atoms. The van der Waals surface area contributed by atoms with Gasteiger partial charge >= 0.3 is 5.97 Å². The molecule has 0 radical (unpaired) electrons. The fourth-order valence-electron chi connectivity index (χ4n) is 1.90. The van der Waals surface area contributed by atoms with E-state index in [2.05, 4.69) is 0 Å². The quantitative estimate of drug-likeness (QED) is 0.708. The molecule has 2 aromatic carbocycles. The Hall–Kier alpha value is -1.18. The van der Waals surface area contributed by atoms with E-state index in [9.17, 15) is 18.3 Å². The fourth-order valence-corrected chi connectivity index (χ4v) is 4.11. The van der Waals surface area contributed by atoms with Crippen molar-refractivity contribution in [2.24, 2.45) is 0 Å². The predicted molar refractivity (Wildman–Crippen MR) is 95.5 cm³/mol. The highest BCUT2D eigenvalue weighted by Crippen LogP contribution is 2.40. The molecule has 1 N–H and O–H groups in total. The molecular formula is C14H9Cl4NO4S. The molecule has 128 valence electrons. The highest BCUT2D eigenvalue weighted by molar-refractivity contribution is 7.92. The van der Waals surface area contributed by atoms with E-state index in [0.717, 1.165) is 4.31 Å². The Balaban J connectivity index is 2.63. The standard InChI is InChI=1S/C14H9Cl4NO4S/c1-19(24(22,23)8-4-2-7(15)3-5-8)10-6-9(16)12(17)11(13(10)18)14(20)21/h2-6H,1H3,(H,20,21). The fraction of sp³-hybridized carbons (Fsp3) is 0.0714. The normalized spacial score (nSPS) is 11.4. The van der Waals surface area contributed by atoms with Gasteiger partial charge in [-0.1, -0.05) is 46.4 Å². The van der Waals surface area contributed by atoms with E-state index in [1.165, 1.54) is 37.4 Å². The number of aromatic carboxylic acids is 1. The maximum Gasteiger partial charge on any atom is 0.338 e. The van der Waals surface area contributed by atoms with Gasteiger partial charge in [-0.15, -0.1) is 0 Å². The van der Waals surface area contributed by atoms with E-state index in [1.807, 2.05) is 0 Å². The van der Waals surface area contributed by atoms with E-state index < -0.39 is 21.6 Å². The zero-order valence-electron chi connectivity index (χ0n) is 11.9. The van der Waals surface area contributed by atoms with E-state index in [1.54, 1.807) is 0 Å². The van der Waals surface area contributed by atoms with Crippen molar-refractivity contribution in [3.05, 3.63) is 56.0 Å². The number of hydrogen-bond acceptors (Lipinski definition) is 3. The number of rotatable bonds is 4. The lowest BCUT2D eigenvalue weighted by Crippen LogP contribution is -2.27. The number of benzene rings is 2. The Morgan fingerprint density at radius 2 is 1.58 bits per heavy atom. The summed E-state index contributed by atoms with van der Waals surface area (Å²) in [5.41, 5.74) is -0.586. The number of nitrogens with zero attached hydrogens (tertiary/aromatic N) is 1. The third-order valence-electron chi connectivity index (χ3n) is 3.16. The molecule has 0 fully saturated rings. The van der Waals surface area contributed by atoms with Gasteiger partial charge in [-0.25, -0.2) is 13.2 Å². The van der Waals surface area contributed by atoms with Gasteiger partial charge in [-0.3, -0.25) is 4.31 Å². The molecule has 10 heteroatoms. The van der Waals surface area contributed by atoms with Crippen LogP contribution in [0.25, 0.3) is 0 Å². The maximum absolute atomic E-state index is 12.7. The lowest BCUT2D eigenvalue weighted by atomic mass is 10.2. The second kappa shape index (κ2) is 6.98. The van der Waals surface area contributed by atoms with Gasteiger partial charge in [0.15, 0.2) is 0 Å². The average molecular weight is 429 g/mol. The minimum Gasteiger partial charge on any atom is -0.478 e. The Kier molecular flexibility index (Phi) is 5.57. The number of carbonyl (C=O) groups is 1. The molecule has 0 aliphatic carbocycles. The smallest absolute Gasteiger partial charge is 0.338 e. The number of carboxylic acid groups (broad SMARTS) is 1. The maximum atomic E-state index is 12.7. The third-order valence-corrected chi connectivity index (χ3v) is 6.37. The van der Waals surface area contributed by atoms with Gasteiger partial charge in [0, 0.05) is 12.1 Å². The van der Waals surface area contributed by atoms with Crippen molar-refractivity contribution in [1.82, 2.24) is 0 Å². The van der Waals surface area contributed by atoms with Crippen LogP contribution in [-0.2, 0) is 10.0 Å². The lowest BCUT2D eigenvalue weighted by Gasteiger charge is -2.22. The SMILES string of the molecule is CN(c1cc(Cl)c(Cl)c(C(=O)O)c1Cl)S(=O)(=O)c1ccc(Cl)cc1. The summed E-state index contributed by atoms with van der Waals surface area (Å²) in [4.78, 5) is 11.3. The van der Waals surface area contributed by atoms with Crippen LogP contribution < -0.4 is 4.31 Å². The molecule has 0 saturated carbocycles. The number of anilines is 1. The highest BCUT2D eigenvalue weighted by atomic mass is 35.5. The largest absolute Gasteiger partial charge is 0.478 e. The van der Waals surface area contributed by atoms with Gasteiger partial charge in [-0.2, -0.15) is 0 Å². The first-order valence-corrected chi connectivity index (χ1v) is 9.18. The molecule has 0 bridgehead atoms. The van der Waals surface area contributed by atoms with Crippen molar-refractivity contribution in [3.8, 4) is 0 Å². The molecule has 2 aromatic rings. The number of sulfonamides is 1. The van der Waals surface area contributed by atoms with E-state index in [4.69, 9.17) is 46.4 Å². The molecule has 0 aromatic heterocycles. The monoisotopic (exact) mass is 427 g/mol. The number of hydrogen-bond donors (Lipinski definition) is 1. The van der Waals surface area contributed by atoms with Gasteiger partial charge < -0.3 is 5.11 Å². The zero-order chi connectivity index (χ0) is 18.2. The van der Waals surface area contributed by atoms with E-state index >= 15 is 0 Å². The van der Waals surface area contributed by atoms with Gasteiger partial charge in [0.05, 0.1) is 25.7 Å². The van der Waals surface area contributed by atoms with Crippen LogP contribution >= 0.6 is 46.4 Å². The van der Waals surface area contributed by atoms with Crippen LogP contribution in [-0.4, -0.2) is 26.5 Å². The van der Waals surface area contributed by atoms with Gasteiger partial charge in [0.1, 0.15) is 5.56 Å². The molecule has 0 aliphatic rings. The average Bonchev–Trinajstić information content (AvgIpc) is 2.50. The second-order valence-electron chi connectivity index (χ2n) is 4.61. The minimum atomic E-state index is -4.01. The van der Waals surface area contributed by atoms with Crippen LogP contribution in [0.3, 0.4) is 0 Å². The van der Waals surface area contributed by atoms with Crippen molar-refractivity contribution in [1.29, 1.82) is 0 Å². The summed E-state index contributed by atoms with van der Waals surface area (Å²) in [6.45, 7) is 0. The first-order valence-electron chi connectivity index (χ1n) is 6.22. The molecule has 0 saturated heterocycles. The van der Waals surface area contributed by atoms with Crippen LogP contribution in [0, 0.1) is 0 Å². The highest BCUT2D eigenvalue weighted by Gasteiger charge is 2.28. The molecule has 24 heavy (non-hydrogen) atoms. The molecule has 0 heterocycles. The van der Waals surface area contributed by atoms with Crippen molar-refractivity contribution >= 4 is 68.1 Å². The molecule has 0 amide bonds. The molecule has 0 atom stereocenters. The van der Waals surface area contributed by atoms with Crippen LogP contribution in [0.1, 0.15) is 10.4 Å². The summed E-state index contributed by atoms with van der Waals surface area (Å²) in [6.07, 6.45) is 0. The van der Waals surface area contributed by atoms with Crippen LogP contribution in [0.5, 0.6) is 0 Å². The summed E-state index contributed by atoms with van der Waals surface area (Å²) >= 11 is 23.5. The molecule has 2 rings (SSSR count). The zero-order valence-corrected chi connectivity index (χ0v) is 15.8. The summed E-state index contributed by atoms with van der Waals surface area (Å²) < 4.78 is 26.2. The topological polar surface area (TPSA) is 74.7 Å². The first-order chi connectivity index (χ1) is 11.1. The molecule has 5 nitrogen and oxygen atoms in total. The minimum absolute atomic E-state index is 0.0478. The van der Waals surface area contributed by atoms with E-state index in [0.29, 0.717) is 5.02 Å². The Labute approximate surface area is 158 Å². The Morgan fingerprint density at radius 1 is 1.04 bits per heavy atom. The lowest BCUT2D eigenvalue weighted by molar-refractivity contribution is 0.0697. The molecule has 0 unspecified atom stereocenters. The second-order valence-corrected chi connectivity index (χ2v) is 8.18. The van der Waals surface area contributed by atoms with Crippen molar-refractivity contribution in [2.75, 3.05) is 11.4 Å². The van der Waals surface area contributed by atoms with Crippen molar-refractivity contribution < 1.29 is 18.3 Å².